The molecule has 0 aliphatic carbocycles. The van der Waals surface area contributed by atoms with Gasteiger partial charge in [-0.05, 0) is 25.7 Å². The lowest BCUT2D eigenvalue weighted by Crippen LogP contribution is -2.39. The van der Waals surface area contributed by atoms with Gasteiger partial charge in [-0.15, -0.1) is 0 Å². The number of carbonyl (C=O) groups is 1. The zero-order valence-corrected chi connectivity index (χ0v) is 14.2. The molecule has 122 valence electrons. The number of ether oxygens (including phenoxy) is 1. The number of hydrogen-bond donors (Lipinski definition) is 2. The molecule has 0 unspecified atom stereocenters. The van der Waals surface area contributed by atoms with E-state index in [1.54, 1.807) is 6.07 Å². The Bertz CT molecular complexity index is 498. The van der Waals surface area contributed by atoms with Gasteiger partial charge in [0.2, 0.25) is 5.91 Å². The van der Waals surface area contributed by atoms with E-state index >= 15 is 0 Å². The summed E-state index contributed by atoms with van der Waals surface area (Å²) in [5.41, 5.74) is 6.55. The van der Waals surface area contributed by atoms with Crippen molar-refractivity contribution < 1.29 is 9.53 Å². The number of hydrogen-bond acceptors (Lipinski definition) is 6. The molecule has 1 saturated heterocycles. The first-order valence-electron chi connectivity index (χ1n) is 7.63. The van der Waals surface area contributed by atoms with Crippen LogP contribution in [0.2, 0.25) is 0 Å². The normalized spacial score (nSPS) is 19.4. The highest BCUT2D eigenvalue weighted by molar-refractivity contribution is 8.00. The summed E-state index contributed by atoms with van der Waals surface area (Å²) in [4.78, 5) is 21.0. The lowest BCUT2D eigenvalue weighted by Gasteiger charge is -2.20. The van der Waals surface area contributed by atoms with Crippen molar-refractivity contribution in [3.05, 3.63) is 11.8 Å². The number of nitrogens with zero attached hydrogens (tertiary/aromatic N) is 2. The second-order valence-corrected chi connectivity index (χ2v) is 6.99. The summed E-state index contributed by atoms with van der Waals surface area (Å²) in [6.07, 6.45) is 2.23. The number of carbonyl (C=O) groups excluding carboxylic acids is 1. The molecule has 0 bridgehead atoms. The van der Waals surface area contributed by atoms with Crippen molar-refractivity contribution in [2.24, 2.45) is 5.92 Å². The average Bonchev–Trinajstić information content (AvgIpc) is 2.94. The maximum absolute atomic E-state index is 12.4. The second-order valence-electron chi connectivity index (χ2n) is 5.88. The molecule has 6 nitrogen and oxygen atoms in total. The van der Waals surface area contributed by atoms with Crippen molar-refractivity contribution in [1.82, 2.24) is 15.3 Å². The third-order valence-electron chi connectivity index (χ3n) is 3.48. The molecular formula is C15H24N4O2S. The summed E-state index contributed by atoms with van der Waals surface area (Å²) in [6, 6.07) is 1.71. The fourth-order valence-electron chi connectivity index (χ4n) is 2.34. The van der Waals surface area contributed by atoms with Crippen LogP contribution in [0.15, 0.2) is 11.2 Å². The van der Waals surface area contributed by atoms with Gasteiger partial charge in [-0.2, -0.15) is 0 Å². The molecule has 22 heavy (non-hydrogen) atoms. The largest absolute Gasteiger partial charge is 0.384 e. The van der Waals surface area contributed by atoms with Crippen molar-refractivity contribution in [3.63, 3.8) is 0 Å². The Balaban J connectivity index is 1.97. The number of anilines is 1. The average molecular weight is 324 g/mol. The number of nitrogen functional groups attached to an aromatic ring is 1. The van der Waals surface area contributed by atoms with Crippen LogP contribution in [0.1, 0.15) is 32.4 Å². The molecule has 1 aromatic heterocycles. The van der Waals surface area contributed by atoms with Crippen LogP contribution in [0.5, 0.6) is 0 Å². The Labute approximate surface area is 135 Å². The molecule has 2 rings (SSSR count). The minimum atomic E-state index is -0.248. The Morgan fingerprint density at radius 2 is 2.32 bits per heavy atom. The van der Waals surface area contributed by atoms with Gasteiger partial charge in [0.05, 0.1) is 11.4 Å². The monoisotopic (exact) mass is 324 g/mol. The van der Waals surface area contributed by atoms with Crippen LogP contribution in [0.4, 0.5) is 5.82 Å². The third-order valence-corrected chi connectivity index (χ3v) is 4.88. The van der Waals surface area contributed by atoms with Gasteiger partial charge >= 0.3 is 0 Å². The molecule has 0 radical (unpaired) electrons. The van der Waals surface area contributed by atoms with Gasteiger partial charge in [0.25, 0.3) is 0 Å². The van der Waals surface area contributed by atoms with Crippen LogP contribution in [0.25, 0.3) is 0 Å². The molecule has 3 N–H and O–H groups in total. The van der Waals surface area contributed by atoms with E-state index in [9.17, 15) is 4.79 Å². The maximum atomic E-state index is 12.4. The van der Waals surface area contributed by atoms with Crippen LogP contribution in [-0.2, 0) is 9.53 Å². The van der Waals surface area contributed by atoms with Gasteiger partial charge in [-0.1, -0.05) is 25.6 Å². The molecule has 0 spiro atoms. The molecule has 0 saturated carbocycles. The molecule has 1 aromatic rings. The van der Waals surface area contributed by atoms with Crippen LogP contribution in [0, 0.1) is 12.8 Å². The molecule has 1 aliphatic rings. The summed E-state index contributed by atoms with van der Waals surface area (Å²) < 4.78 is 5.53. The zero-order chi connectivity index (χ0) is 16.1. The molecule has 1 aliphatic heterocycles. The van der Waals surface area contributed by atoms with Gasteiger partial charge in [-0.3, -0.25) is 4.79 Å². The van der Waals surface area contributed by atoms with Crippen LogP contribution in [0.3, 0.4) is 0 Å². The quantitative estimate of drug-likeness (QED) is 0.612. The molecule has 0 aromatic carbocycles. The fourth-order valence-corrected chi connectivity index (χ4v) is 3.39. The second kappa shape index (κ2) is 7.78. The highest BCUT2D eigenvalue weighted by Gasteiger charge is 2.26. The van der Waals surface area contributed by atoms with E-state index in [0.29, 0.717) is 17.5 Å². The predicted octanol–water partition coefficient (Wildman–Crippen LogP) is 1.78. The van der Waals surface area contributed by atoms with Crippen molar-refractivity contribution in [2.45, 2.75) is 50.1 Å². The summed E-state index contributed by atoms with van der Waals surface area (Å²) in [5, 5.41) is 3.28. The zero-order valence-electron chi connectivity index (χ0n) is 13.3. The van der Waals surface area contributed by atoms with Crippen LogP contribution >= 0.6 is 11.8 Å². The molecule has 1 amide bonds. The van der Waals surface area contributed by atoms with E-state index < -0.39 is 0 Å². The lowest BCUT2D eigenvalue weighted by molar-refractivity contribution is -0.121. The SMILES string of the molecule is Cc1cc(N)nc(S[C@H](C(=O)NC[C@H]2CCCO2)C(C)C)n1. The summed E-state index contributed by atoms with van der Waals surface area (Å²) >= 11 is 1.36. The Kier molecular flexibility index (Phi) is 6.02. The molecule has 1 fully saturated rings. The number of aromatic nitrogens is 2. The van der Waals surface area contributed by atoms with E-state index in [2.05, 4.69) is 15.3 Å². The summed E-state index contributed by atoms with van der Waals surface area (Å²) in [6.45, 7) is 7.26. The van der Waals surface area contributed by atoms with Crippen LogP contribution < -0.4 is 11.1 Å². The highest BCUT2D eigenvalue weighted by Crippen LogP contribution is 2.26. The lowest BCUT2D eigenvalue weighted by atomic mass is 10.1. The first-order valence-corrected chi connectivity index (χ1v) is 8.51. The number of aryl methyl sites for hydroxylation is 1. The number of nitrogens with one attached hydrogen (secondary N) is 1. The molecular weight excluding hydrogens is 300 g/mol. The standard InChI is InChI=1S/C15H24N4O2S/c1-9(2)13(14(20)17-8-11-5-4-6-21-11)22-15-18-10(3)7-12(16)19-15/h7,9,11,13H,4-6,8H2,1-3H3,(H,17,20)(H2,16,18,19)/t11-,13+/m1/s1. The van der Waals surface area contributed by atoms with Gasteiger partial charge in [0.15, 0.2) is 5.16 Å². The van der Waals surface area contributed by atoms with Crippen molar-refractivity contribution in [2.75, 3.05) is 18.9 Å². The Morgan fingerprint density at radius 1 is 1.55 bits per heavy atom. The maximum Gasteiger partial charge on any atom is 0.233 e. The summed E-state index contributed by atoms with van der Waals surface area (Å²) in [7, 11) is 0. The molecule has 2 heterocycles. The molecule has 7 heteroatoms. The van der Waals surface area contributed by atoms with Crippen molar-refractivity contribution in [1.29, 1.82) is 0 Å². The Hall–Kier alpha value is -1.34. The summed E-state index contributed by atoms with van der Waals surface area (Å²) in [5.74, 6) is 0.594. The smallest absolute Gasteiger partial charge is 0.233 e. The minimum Gasteiger partial charge on any atom is -0.384 e. The van der Waals surface area contributed by atoms with Crippen LogP contribution in [-0.4, -0.2) is 40.4 Å². The predicted molar refractivity (Wildman–Crippen MR) is 87.6 cm³/mol. The van der Waals surface area contributed by atoms with E-state index in [1.165, 1.54) is 11.8 Å². The topological polar surface area (TPSA) is 90.1 Å². The first kappa shape index (κ1) is 17.0. The van der Waals surface area contributed by atoms with Gasteiger partial charge in [0, 0.05) is 24.9 Å². The number of rotatable bonds is 6. The van der Waals surface area contributed by atoms with E-state index in [0.717, 1.165) is 25.1 Å². The van der Waals surface area contributed by atoms with Gasteiger partial charge in [-0.25, -0.2) is 9.97 Å². The number of amides is 1. The van der Waals surface area contributed by atoms with Gasteiger partial charge < -0.3 is 15.8 Å². The van der Waals surface area contributed by atoms with Gasteiger partial charge in [0.1, 0.15) is 5.82 Å². The Morgan fingerprint density at radius 3 is 2.91 bits per heavy atom. The number of nitrogens with two attached hydrogens (primary N) is 1. The highest BCUT2D eigenvalue weighted by atomic mass is 32.2. The number of thioether (sulfide) groups is 1. The van der Waals surface area contributed by atoms with E-state index in [-0.39, 0.29) is 23.2 Å². The fraction of sp³-hybridized carbons (Fsp3) is 0.667. The molecule has 2 atom stereocenters. The van der Waals surface area contributed by atoms with Crippen molar-refractivity contribution >= 4 is 23.5 Å². The minimum absolute atomic E-state index is 0.000762. The van der Waals surface area contributed by atoms with E-state index in [1.807, 2.05) is 20.8 Å². The first-order chi connectivity index (χ1) is 10.5. The van der Waals surface area contributed by atoms with Crippen molar-refractivity contribution in [3.8, 4) is 0 Å². The van der Waals surface area contributed by atoms with E-state index in [4.69, 9.17) is 10.5 Å². The third kappa shape index (κ3) is 4.84.